The summed E-state index contributed by atoms with van der Waals surface area (Å²) in [5.41, 5.74) is 0. The van der Waals surface area contributed by atoms with Crippen molar-refractivity contribution in [3.05, 3.63) is 0 Å². The number of esters is 4. The van der Waals surface area contributed by atoms with Gasteiger partial charge in [0, 0.05) is 25.7 Å². The predicted octanol–water partition coefficient (Wildman–Crippen LogP) is 24.4. The largest absolute Gasteiger partial charge is 0.472 e. The summed E-state index contributed by atoms with van der Waals surface area (Å²) in [7, 11) is -9.91. The Bertz CT molecular complexity index is 1910. The van der Waals surface area contributed by atoms with Crippen molar-refractivity contribution in [2.45, 2.75) is 451 Å². The molecule has 0 aromatic rings. The Morgan fingerprint density at radius 2 is 0.460 bits per heavy atom. The Morgan fingerprint density at radius 1 is 0.270 bits per heavy atom. The van der Waals surface area contributed by atoms with Crippen LogP contribution in [0.2, 0.25) is 0 Å². The first-order chi connectivity index (χ1) is 48.5. The van der Waals surface area contributed by atoms with Gasteiger partial charge in [-0.05, 0) is 31.6 Å². The van der Waals surface area contributed by atoms with E-state index in [2.05, 4.69) is 34.6 Å². The molecule has 0 saturated heterocycles. The molecule has 100 heavy (non-hydrogen) atoms. The molecule has 0 rings (SSSR count). The van der Waals surface area contributed by atoms with Crippen molar-refractivity contribution in [2.24, 2.45) is 5.92 Å². The summed E-state index contributed by atoms with van der Waals surface area (Å²) < 4.78 is 68.6. The van der Waals surface area contributed by atoms with Crippen LogP contribution in [0.15, 0.2) is 0 Å². The van der Waals surface area contributed by atoms with E-state index in [9.17, 15) is 43.2 Å². The highest BCUT2D eigenvalue weighted by atomic mass is 31.2. The van der Waals surface area contributed by atoms with Gasteiger partial charge in [-0.25, -0.2) is 9.13 Å². The number of hydrogen-bond acceptors (Lipinski definition) is 15. The molecule has 594 valence electrons. The first-order valence-electron chi connectivity index (χ1n) is 42.1. The molecule has 19 heteroatoms. The average Bonchev–Trinajstić information content (AvgIpc) is 0.985. The molecular formula is C81H158O17P2. The highest BCUT2D eigenvalue weighted by Gasteiger charge is 2.30. The molecule has 0 amide bonds. The third kappa shape index (κ3) is 74.3. The number of unbranched alkanes of at least 4 members (excludes halogenated alkanes) is 53. The van der Waals surface area contributed by atoms with E-state index < -0.39 is 97.5 Å². The van der Waals surface area contributed by atoms with Crippen LogP contribution in [0.5, 0.6) is 0 Å². The molecule has 0 saturated carbocycles. The average molecular weight is 1470 g/mol. The zero-order valence-corrected chi connectivity index (χ0v) is 67.1. The molecule has 0 aliphatic heterocycles. The number of rotatable bonds is 81. The molecule has 0 fully saturated rings. The van der Waals surface area contributed by atoms with Crippen molar-refractivity contribution in [1.82, 2.24) is 0 Å². The third-order valence-electron chi connectivity index (χ3n) is 19.0. The minimum absolute atomic E-state index is 0.107. The number of carbonyl (C=O) groups is 4. The van der Waals surface area contributed by atoms with Crippen molar-refractivity contribution in [1.29, 1.82) is 0 Å². The number of ether oxygens (including phenoxy) is 4. The Hall–Kier alpha value is -1.94. The summed E-state index contributed by atoms with van der Waals surface area (Å²) in [5, 5.41) is 10.6. The summed E-state index contributed by atoms with van der Waals surface area (Å²) in [4.78, 5) is 72.9. The van der Waals surface area contributed by atoms with Crippen LogP contribution >= 0.6 is 15.6 Å². The van der Waals surface area contributed by atoms with Crippen molar-refractivity contribution in [3.63, 3.8) is 0 Å². The number of aliphatic hydroxyl groups excluding tert-OH is 1. The number of phosphoric ester groups is 2. The van der Waals surface area contributed by atoms with Gasteiger partial charge in [0.25, 0.3) is 0 Å². The van der Waals surface area contributed by atoms with E-state index in [4.69, 9.17) is 37.0 Å². The molecule has 5 atom stereocenters. The molecule has 0 aromatic heterocycles. The molecule has 0 aliphatic rings. The Labute approximate surface area is 613 Å². The van der Waals surface area contributed by atoms with E-state index in [0.29, 0.717) is 25.7 Å². The number of carbonyl (C=O) groups excluding carboxylic acids is 4. The van der Waals surface area contributed by atoms with E-state index in [1.54, 1.807) is 0 Å². The number of aliphatic hydroxyl groups is 1. The van der Waals surface area contributed by atoms with Crippen molar-refractivity contribution < 1.29 is 80.2 Å². The first kappa shape index (κ1) is 98.1. The van der Waals surface area contributed by atoms with Gasteiger partial charge in [-0.3, -0.25) is 37.3 Å². The highest BCUT2D eigenvalue weighted by molar-refractivity contribution is 7.47. The molecule has 2 unspecified atom stereocenters. The minimum Gasteiger partial charge on any atom is -0.462 e. The fourth-order valence-electron chi connectivity index (χ4n) is 12.6. The van der Waals surface area contributed by atoms with E-state index in [1.165, 1.54) is 257 Å². The summed E-state index contributed by atoms with van der Waals surface area (Å²) in [6, 6.07) is 0. The molecule has 3 N–H and O–H groups in total. The Morgan fingerprint density at radius 3 is 0.680 bits per heavy atom. The van der Waals surface area contributed by atoms with Crippen molar-refractivity contribution in [2.75, 3.05) is 39.6 Å². The van der Waals surface area contributed by atoms with Crippen LogP contribution in [0.3, 0.4) is 0 Å². The van der Waals surface area contributed by atoms with Gasteiger partial charge in [0.2, 0.25) is 0 Å². The van der Waals surface area contributed by atoms with Gasteiger partial charge in [0.15, 0.2) is 12.2 Å². The second-order valence-corrected chi connectivity index (χ2v) is 32.5. The zero-order chi connectivity index (χ0) is 73.4. The molecule has 0 heterocycles. The van der Waals surface area contributed by atoms with Gasteiger partial charge in [-0.15, -0.1) is 0 Å². The standard InChI is InChI=1S/C81H158O17P2/c1-6-9-12-15-18-21-23-24-25-26-27-28-32-35-38-41-46-50-55-60-65-79(84)92-71-77(98-81(86)67-62-57-52-47-42-39-36-33-30-29-31-34-37-40-44-48-53-58-63-74(4)5)73-96-100(89,90)94-69-75(82)68-93-99(87,88)95-72-76(70-91-78(83)64-59-54-49-43-20-17-14-11-8-3)97-80(85)66-61-56-51-45-22-19-16-13-10-7-2/h74-77,82H,6-73H2,1-5H3,(H,87,88)(H,89,90)/t75-,76+,77+/m0/s1. The van der Waals surface area contributed by atoms with Gasteiger partial charge < -0.3 is 33.8 Å². The Balaban J connectivity index is 5.16. The Kier molecular flexibility index (Phi) is 72.5. The van der Waals surface area contributed by atoms with Gasteiger partial charge in [0.05, 0.1) is 26.4 Å². The van der Waals surface area contributed by atoms with Crippen molar-refractivity contribution in [3.8, 4) is 0 Å². The molecule has 0 bridgehead atoms. The molecule has 0 aromatic carbocycles. The van der Waals surface area contributed by atoms with Crippen LogP contribution < -0.4 is 0 Å². The molecule has 0 spiro atoms. The molecule has 17 nitrogen and oxygen atoms in total. The lowest BCUT2D eigenvalue weighted by Crippen LogP contribution is -2.30. The summed E-state index contributed by atoms with van der Waals surface area (Å²) >= 11 is 0. The lowest BCUT2D eigenvalue weighted by Gasteiger charge is -2.21. The zero-order valence-electron chi connectivity index (χ0n) is 65.3. The number of hydrogen-bond donors (Lipinski definition) is 3. The topological polar surface area (TPSA) is 237 Å². The van der Waals surface area contributed by atoms with Crippen LogP contribution in [0.4, 0.5) is 0 Å². The molecule has 0 aliphatic carbocycles. The summed E-state index contributed by atoms with van der Waals surface area (Å²) in [5.74, 6) is -1.29. The van der Waals surface area contributed by atoms with Gasteiger partial charge in [0.1, 0.15) is 19.3 Å². The van der Waals surface area contributed by atoms with E-state index in [1.807, 2.05) is 0 Å². The lowest BCUT2D eigenvalue weighted by atomic mass is 10.0. The fraction of sp³-hybridized carbons (Fsp3) is 0.951. The van der Waals surface area contributed by atoms with Crippen LogP contribution in [0, 0.1) is 5.92 Å². The maximum atomic E-state index is 13.1. The SMILES string of the molecule is CCCCCCCCCCCCCCCCCCCCCCC(=O)OC[C@H](COP(=O)(O)OC[C@@H](O)COP(=O)(O)OC[C@@H](COC(=O)CCCCCCCCCCC)OC(=O)CCCCCCCCCCCC)OC(=O)CCCCCCCCCCCCCCCCCCCCC(C)C. The third-order valence-corrected chi connectivity index (χ3v) is 20.9. The lowest BCUT2D eigenvalue weighted by molar-refractivity contribution is -0.161. The summed E-state index contributed by atoms with van der Waals surface area (Å²) in [6.07, 6.45) is 65.4. The minimum atomic E-state index is -4.96. The van der Waals surface area contributed by atoms with Crippen LogP contribution in [0.1, 0.15) is 433 Å². The van der Waals surface area contributed by atoms with Crippen molar-refractivity contribution >= 4 is 39.5 Å². The first-order valence-corrected chi connectivity index (χ1v) is 45.1. The fourth-order valence-corrected chi connectivity index (χ4v) is 14.2. The number of phosphoric acid groups is 2. The highest BCUT2D eigenvalue weighted by Crippen LogP contribution is 2.45. The quantitative estimate of drug-likeness (QED) is 0.0222. The van der Waals surface area contributed by atoms with Gasteiger partial charge in [-0.2, -0.15) is 0 Å². The van der Waals surface area contributed by atoms with Gasteiger partial charge in [-0.1, -0.05) is 381 Å². The van der Waals surface area contributed by atoms with E-state index >= 15 is 0 Å². The maximum Gasteiger partial charge on any atom is 0.472 e. The second-order valence-electron chi connectivity index (χ2n) is 29.6. The van der Waals surface area contributed by atoms with E-state index in [-0.39, 0.29) is 25.7 Å². The normalized spacial score (nSPS) is 13.8. The van der Waals surface area contributed by atoms with E-state index in [0.717, 1.165) is 95.8 Å². The van der Waals surface area contributed by atoms with Crippen LogP contribution in [-0.2, 0) is 65.4 Å². The molecular weight excluding hydrogens is 1310 g/mol. The molecule has 0 radical (unpaired) electrons. The predicted molar refractivity (Wildman–Crippen MR) is 409 cm³/mol. The maximum absolute atomic E-state index is 13.1. The monoisotopic (exact) mass is 1470 g/mol. The summed E-state index contributed by atoms with van der Waals surface area (Å²) in [6.45, 7) is 7.33. The van der Waals surface area contributed by atoms with Gasteiger partial charge >= 0.3 is 39.5 Å². The van der Waals surface area contributed by atoms with Crippen LogP contribution in [0.25, 0.3) is 0 Å². The second kappa shape index (κ2) is 73.9. The van der Waals surface area contributed by atoms with Crippen LogP contribution in [-0.4, -0.2) is 96.7 Å². The smallest absolute Gasteiger partial charge is 0.462 e.